The van der Waals surface area contributed by atoms with Crippen LogP contribution in [0, 0.1) is 6.92 Å². The summed E-state index contributed by atoms with van der Waals surface area (Å²) in [6.07, 6.45) is 0.495. The summed E-state index contributed by atoms with van der Waals surface area (Å²) in [5, 5.41) is 2.88. The number of hydrogen-bond acceptors (Lipinski definition) is 1. The second-order valence-corrected chi connectivity index (χ2v) is 4.42. The van der Waals surface area contributed by atoms with E-state index < -0.39 is 0 Å². The van der Waals surface area contributed by atoms with Crippen LogP contribution in [0.4, 0.5) is 5.69 Å². The summed E-state index contributed by atoms with van der Waals surface area (Å²) in [5.74, 6) is 0.0876. The van der Waals surface area contributed by atoms with Crippen LogP contribution in [0.1, 0.15) is 11.1 Å². The predicted octanol–water partition coefficient (Wildman–Crippen LogP) is 3.16. The zero-order valence-electron chi connectivity index (χ0n) is 9.66. The largest absolute Gasteiger partial charge is 0.326 e. The van der Waals surface area contributed by atoms with Crippen molar-refractivity contribution in [1.82, 2.24) is 0 Å². The molecule has 0 fully saturated rings. The second-order valence-electron chi connectivity index (χ2n) is 4.42. The van der Waals surface area contributed by atoms with Crippen molar-refractivity contribution in [2.24, 2.45) is 0 Å². The minimum absolute atomic E-state index is 0.0876. The van der Waals surface area contributed by atoms with Crippen molar-refractivity contribution in [2.45, 2.75) is 13.3 Å². The fourth-order valence-corrected chi connectivity index (χ4v) is 2.31. The van der Waals surface area contributed by atoms with Gasteiger partial charge in [0.1, 0.15) is 0 Å². The molecule has 17 heavy (non-hydrogen) atoms. The molecule has 0 spiro atoms. The van der Waals surface area contributed by atoms with Crippen molar-refractivity contribution in [1.29, 1.82) is 0 Å². The second kappa shape index (κ2) is 3.74. The average Bonchev–Trinajstić information content (AvgIpc) is 2.68. The Balaban J connectivity index is 2.14. The minimum Gasteiger partial charge on any atom is -0.326 e. The van der Waals surface area contributed by atoms with Gasteiger partial charge in [0.2, 0.25) is 5.91 Å². The lowest BCUT2D eigenvalue weighted by atomic mass is 9.97. The van der Waals surface area contributed by atoms with Crippen LogP contribution in [0.2, 0.25) is 0 Å². The molecular formula is C15H13NO. The molecule has 0 radical (unpaired) electrons. The summed E-state index contributed by atoms with van der Waals surface area (Å²) in [7, 11) is 0. The number of anilines is 1. The molecule has 2 heteroatoms. The highest BCUT2D eigenvalue weighted by Gasteiger charge is 2.19. The summed E-state index contributed by atoms with van der Waals surface area (Å²) in [4.78, 5) is 11.3. The molecule has 0 saturated carbocycles. The molecule has 0 aliphatic carbocycles. The van der Waals surface area contributed by atoms with Gasteiger partial charge in [0.15, 0.2) is 0 Å². The van der Waals surface area contributed by atoms with Gasteiger partial charge in [-0.15, -0.1) is 0 Å². The molecule has 1 aliphatic heterocycles. The zero-order valence-corrected chi connectivity index (χ0v) is 9.66. The molecule has 0 saturated heterocycles. The normalized spacial score (nSPS) is 13.4. The monoisotopic (exact) mass is 223 g/mol. The SMILES string of the molecule is Cc1cc2c(cc1-c1ccccc1)CC(=O)N2. The number of nitrogens with one attached hydrogen (secondary N) is 1. The molecule has 2 nitrogen and oxygen atoms in total. The third-order valence-corrected chi connectivity index (χ3v) is 3.16. The third-order valence-electron chi connectivity index (χ3n) is 3.16. The molecular weight excluding hydrogens is 210 g/mol. The summed E-state index contributed by atoms with van der Waals surface area (Å²) >= 11 is 0. The first kappa shape index (κ1) is 10.1. The third kappa shape index (κ3) is 1.72. The Labute approximate surface area is 100 Å². The number of rotatable bonds is 1. The first-order valence-corrected chi connectivity index (χ1v) is 5.73. The van der Waals surface area contributed by atoms with Crippen molar-refractivity contribution in [3.8, 4) is 11.1 Å². The Bertz CT molecular complexity index is 587. The smallest absolute Gasteiger partial charge is 0.228 e. The van der Waals surface area contributed by atoms with E-state index in [9.17, 15) is 4.79 Å². The van der Waals surface area contributed by atoms with Crippen molar-refractivity contribution in [3.05, 3.63) is 53.6 Å². The minimum atomic E-state index is 0.0876. The van der Waals surface area contributed by atoms with Crippen LogP contribution in [-0.2, 0) is 11.2 Å². The molecule has 1 N–H and O–H groups in total. The van der Waals surface area contributed by atoms with Crippen molar-refractivity contribution >= 4 is 11.6 Å². The van der Waals surface area contributed by atoms with Crippen LogP contribution >= 0.6 is 0 Å². The highest BCUT2D eigenvalue weighted by atomic mass is 16.1. The molecule has 2 aromatic carbocycles. The van der Waals surface area contributed by atoms with Crippen LogP contribution in [0.15, 0.2) is 42.5 Å². The quantitative estimate of drug-likeness (QED) is 0.790. The number of amides is 1. The van der Waals surface area contributed by atoms with Crippen LogP contribution < -0.4 is 5.32 Å². The van der Waals surface area contributed by atoms with Gasteiger partial charge >= 0.3 is 0 Å². The molecule has 1 amide bonds. The highest BCUT2D eigenvalue weighted by molar-refractivity contribution is 6.00. The lowest BCUT2D eigenvalue weighted by Gasteiger charge is -2.09. The van der Waals surface area contributed by atoms with E-state index in [1.165, 1.54) is 16.7 Å². The Kier molecular flexibility index (Phi) is 2.22. The van der Waals surface area contributed by atoms with Crippen LogP contribution in [0.5, 0.6) is 0 Å². The molecule has 1 aliphatic rings. The number of benzene rings is 2. The number of carbonyl (C=O) groups is 1. The van der Waals surface area contributed by atoms with Crippen molar-refractivity contribution in [2.75, 3.05) is 5.32 Å². The van der Waals surface area contributed by atoms with E-state index in [2.05, 4.69) is 36.5 Å². The number of carbonyl (C=O) groups excluding carboxylic acids is 1. The van der Waals surface area contributed by atoms with Crippen molar-refractivity contribution < 1.29 is 4.79 Å². The van der Waals surface area contributed by atoms with Crippen LogP contribution in [-0.4, -0.2) is 5.91 Å². The number of aryl methyl sites for hydroxylation is 1. The molecule has 2 aromatic rings. The summed E-state index contributed by atoms with van der Waals surface area (Å²) in [6, 6.07) is 14.5. The van der Waals surface area contributed by atoms with Gasteiger partial charge in [-0.25, -0.2) is 0 Å². The average molecular weight is 223 g/mol. The maximum atomic E-state index is 11.3. The van der Waals surface area contributed by atoms with E-state index in [1.54, 1.807) is 0 Å². The molecule has 0 unspecified atom stereocenters. The summed E-state index contributed by atoms with van der Waals surface area (Å²) in [6.45, 7) is 2.08. The molecule has 0 atom stereocenters. The zero-order chi connectivity index (χ0) is 11.8. The highest BCUT2D eigenvalue weighted by Crippen LogP contribution is 2.32. The standard InChI is InChI=1S/C15H13NO/c1-10-7-14-12(9-15(17)16-14)8-13(10)11-5-3-2-4-6-11/h2-8H,9H2,1H3,(H,16,17). The van der Waals surface area contributed by atoms with Crippen LogP contribution in [0.25, 0.3) is 11.1 Å². The molecule has 1 heterocycles. The van der Waals surface area contributed by atoms with Gasteiger partial charge in [-0.1, -0.05) is 30.3 Å². The lowest BCUT2D eigenvalue weighted by molar-refractivity contribution is -0.115. The van der Waals surface area contributed by atoms with Gasteiger partial charge in [-0.2, -0.15) is 0 Å². The van der Waals surface area contributed by atoms with Gasteiger partial charge in [-0.05, 0) is 41.3 Å². The number of fused-ring (bicyclic) bond motifs is 1. The van der Waals surface area contributed by atoms with E-state index in [4.69, 9.17) is 0 Å². The van der Waals surface area contributed by atoms with Crippen LogP contribution in [0.3, 0.4) is 0 Å². The Morgan fingerprint density at radius 2 is 1.88 bits per heavy atom. The molecule has 3 rings (SSSR count). The van der Waals surface area contributed by atoms with E-state index in [-0.39, 0.29) is 5.91 Å². The summed E-state index contributed by atoms with van der Waals surface area (Å²) in [5.41, 5.74) is 5.66. The summed E-state index contributed by atoms with van der Waals surface area (Å²) < 4.78 is 0. The van der Waals surface area contributed by atoms with Crippen molar-refractivity contribution in [3.63, 3.8) is 0 Å². The molecule has 0 bridgehead atoms. The van der Waals surface area contributed by atoms with E-state index in [0.29, 0.717) is 6.42 Å². The fraction of sp³-hybridized carbons (Fsp3) is 0.133. The fourth-order valence-electron chi connectivity index (χ4n) is 2.31. The first-order valence-electron chi connectivity index (χ1n) is 5.73. The molecule has 0 aromatic heterocycles. The van der Waals surface area contributed by atoms with E-state index in [1.807, 2.05) is 18.2 Å². The van der Waals surface area contributed by atoms with Gasteiger partial charge in [-0.3, -0.25) is 4.79 Å². The maximum Gasteiger partial charge on any atom is 0.228 e. The lowest BCUT2D eigenvalue weighted by Crippen LogP contribution is -2.03. The van der Waals surface area contributed by atoms with E-state index >= 15 is 0 Å². The topological polar surface area (TPSA) is 29.1 Å². The first-order chi connectivity index (χ1) is 8.24. The molecule has 84 valence electrons. The Morgan fingerprint density at radius 3 is 2.65 bits per heavy atom. The Morgan fingerprint density at radius 1 is 1.12 bits per heavy atom. The van der Waals surface area contributed by atoms with Gasteiger partial charge in [0.25, 0.3) is 0 Å². The Hall–Kier alpha value is -2.09. The number of hydrogen-bond donors (Lipinski definition) is 1. The van der Waals surface area contributed by atoms with Gasteiger partial charge < -0.3 is 5.32 Å². The van der Waals surface area contributed by atoms with Gasteiger partial charge in [0.05, 0.1) is 6.42 Å². The van der Waals surface area contributed by atoms with E-state index in [0.717, 1.165) is 11.3 Å². The van der Waals surface area contributed by atoms with Gasteiger partial charge in [0, 0.05) is 5.69 Å². The maximum absolute atomic E-state index is 11.3. The predicted molar refractivity (Wildman–Crippen MR) is 68.9 cm³/mol.